The van der Waals surface area contributed by atoms with Crippen LogP contribution in [0.4, 0.5) is 4.39 Å². The number of benzene rings is 1. The predicted octanol–water partition coefficient (Wildman–Crippen LogP) is 2.54. The first kappa shape index (κ1) is 17.4. The van der Waals surface area contributed by atoms with Gasteiger partial charge >= 0.3 is 0 Å². The molecule has 0 saturated carbocycles. The number of hydroxylamine groups is 2. The van der Waals surface area contributed by atoms with Gasteiger partial charge in [0.15, 0.2) is 11.6 Å². The maximum Gasteiger partial charge on any atom is 0.165 e. The van der Waals surface area contributed by atoms with Gasteiger partial charge < -0.3 is 0 Å². The molecule has 0 unspecified atom stereocenters. The first-order chi connectivity index (χ1) is 13.2. The van der Waals surface area contributed by atoms with E-state index in [0.29, 0.717) is 35.2 Å². The van der Waals surface area contributed by atoms with Crippen molar-refractivity contribution in [1.82, 2.24) is 24.8 Å². The van der Waals surface area contributed by atoms with Gasteiger partial charge in [0.1, 0.15) is 19.0 Å². The summed E-state index contributed by atoms with van der Waals surface area (Å²) in [6.07, 6.45) is 1.70. The van der Waals surface area contributed by atoms with E-state index in [1.165, 1.54) is 12.1 Å². The fourth-order valence-electron chi connectivity index (χ4n) is 2.94. The van der Waals surface area contributed by atoms with Crippen molar-refractivity contribution in [3.8, 4) is 5.69 Å². The van der Waals surface area contributed by atoms with Crippen LogP contribution in [0.25, 0.3) is 5.69 Å². The zero-order chi connectivity index (χ0) is 18.8. The van der Waals surface area contributed by atoms with Gasteiger partial charge in [-0.25, -0.2) is 4.39 Å². The number of pyridine rings is 1. The van der Waals surface area contributed by atoms with Gasteiger partial charge in [-0.2, -0.15) is 5.06 Å². The molecule has 0 radical (unpaired) electrons. The van der Waals surface area contributed by atoms with Crippen LogP contribution < -0.4 is 0 Å². The molecule has 27 heavy (non-hydrogen) atoms. The van der Waals surface area contributed by atoms with Crippen LogP contribution in [0.5, 0.6) is 0 Å². The zero-order valence-electron chi connectivity index (χ0n) is 15.1. The Kier molecular flexibility index (Phi) is 4.74. The van der Waals surface area contributed by atoms with E-state index in [1.807, 2.05) is 36.7 Å². The normalized spacial score (nSPS) is 13.1. The molecule has 1 aliphatic heterocycles. The molecule has 0 spiro atoms. The summed E-state index contributed by atoms with van der Waals surface area (Å²) in [4.78, 5) is 14.7. The highest BCUT2D eigenvalue weighted by Gasteiger charge is 2.24. The fourth-order valence-corrected chi connectivity index (χ4v) is 2.94. The lowest BCUT2D eigenvalue weighted by Gasteiger charge is -2.16. The Labute approximate surface area is 156 Å². The molecular formula is C19H19FN6O. The largest absolute Gasteiger partial charge is 0.291 e. The summed E-state index contributed by atoms with van der Waals surface area (Å²) in [5.74, 6) is 0.972. The maximum atomic E-state index is 14.1. The highest BCUT2D eigenvalue weighted by atomic mass is 19.1. The van der Waals surface area contributed by atoms with Crippen LogP contribution in [-0.2, 0) is 18.0 Å². The lowest BCUT2D eigenvalue weighted by molar-refractivity contribution is -0.149. The van der Waals surface area contributed by atoms with Crippen molar-refractivity contribution in [2.75, 3.05) is 13.6 Å². The summed E-state index contributed by atoms with van der Waals surface area (Å²) in [6, 6.07) is 10.2. The van der Waals surface area contributed by atoms with E-state index in [-0.39, 0.29) is 12.4 Å². The maximum absolute atomic E-state index is 14.1. The Morgan fingerprint density at radius 2 is 2.11 bits per heavy atom. The first-order valence-corrected chi connectivity index (χ1v) is 8.70. The highest BCUT2D eigenvalue weighted by Crippen LogP contribution is 2.26. The molecule has 0 atom stereocenters. The standard InChI is InChI=1S/C19H19FN6O/c1-3-25(2)27-12-18-24-23-17-11-22-19(15-6-4-5-9-21-15)14-10-13(20)7-8-16(14)26(17)18/h4-10H,3,11-12H2,1-2H3. The lowest BCUT2D eigenvalue weighted by Crippen LogP contribution is -2.19. The summed E-state index contributed by atoms with van der Waals surface area (Å²) >= 11 is 0. The molecule has 3 heterocycles. The Balaban J connectivity index is 1.82. The number of hydrogen-bond donors (Lipinski definition) is 0. The van der Waals surface area contributed by atoms with Crippen molar-refractivity contribution in [2.24, 2.45) is 4.99 Å². The van der Waals surface area contributed by atoms with E-state index < -0.39 is 0 Å². The Morgan fingerprint density at radius 1 is 1.22 bits per heavy atom. The van der Waals surface area contributed by atoms with Crippen molar-refractivity contribution in [3.63, 3.8) is 0 Å². The van der Waals surface area contributed by atoms with Crippen LogP contribution in [0.2, 0.25) is 0 Å². The Bertz CT molecular complexity index is 985. The molecule has 2 aromatic heterocycles. The van der Waals surface area contributed by atoms with Crippen LogP contribution in [-0.4, -0.2) is 44.1 Å². The van der Waals surface area contributed by atoms with Crippen LogP contribution in [0, 0.1) is 5.82 Å². The molecule has 1 aromatic carbocycles. The van der Waals surface area contributed by atoms with Crippen molar-refractivity contribution in [1.29, 1.82) is 0 Å². The molecule has 0 bridgehead atoms. The second-order valence-electron chi connectivity index (χ2n) is 6.13. The second-order valence-corrected chi connectivity index (χ2v) is 6.13. The predicted molar refractivity (Wildman–Crippen MR) is 98.0 cm³/mol. The molecule has 0 N–H and O–H groups in total. The van der Waals surface area contributed by atoms with Gasteiger partial charge in [-0.05, 0) is 30.3 Å². The zero-order valence-corrected chi connectivity index (χ0v) is 15.1. The third-order valence-electron chi connectivity index (χ3n) is 4.40. The van der Waals surface area contributed by atoms with Gasteiger partial charge in [0.05, 0.1) is 17.1 Å². The topological polar surface area (TPSA) is 68.4 Å². The van der Waals surface area contributed by atoms with Crippen LogP contribution in [0.15, 0.2) is 47.6 Å². The van der Waals surface area contributed by atoms with Crippen molar-refractivity contribution < 1.29 is 9.23 Å². The average Bonchev–Trinajstić information content (AvgIpc) is 3.02. The summed E-state index contributed by atoms with van der Waals surface area (Å²) in [6.45, 7) is 3.32. The molecule has 0 saturated heterocycles. The van der Waals surface area contributed by atoms with E-state index in [1.54, 1.807) is 17.3 Å². The molecule has 0 amide bonds. The van der Waals surface area contributed by atoms with Gasteiger partial charge in [0.2, 0.25) is 0 Å². The molecule has 4 rings (SSSR count). The van der Waals surface area contributed by atoms with Crippen LogP contribution in [0.1, 0.15) is 29.8 Å². The second kappa shape index (κ2) is 7.34. The van der Waals surface area contributed by atoms with Gasteiger partial charge in [0.25, 0.3) is 0 Å². The van der Waals surface area contributed by atoms with E-state index in [4.69, 9.17) is 4.84 Å². The highest BCUT2D eigenvalue weighted by molar-refractivity contribution is 6.14. The minimum absolute atomic E-state index is 0.257. The van der Waals surface area contributed by atoms with Crippen molar-refractivity contribution >= 4 is 5.71 Å². The first-order valence-electron chi connectivity index (χ1n) is 8.70. The minimum atomic E-state index is -0.336. The summed E-state index contributed by atoms with van der Waals surface area (Å²) in [5, 5.41) is 10.2. The van der Waals surface area contributed by atoms with Gasteiger partial charge in [-0.1, -0.05) is 13.0 Å². The molecule has 138 valence electrons. The van der Waals surface area contributed by atoms with Gasteiger partial charge in [0, 0.05) is 25.4 Å². The minimum Gasteiger partial charge on any atom is -0.291 e. The van der Waals surface area contributed by atoms with E-state index in [2.05, 4.69) is 20.2 Å². The van der Waals surface area contributed by atoms with Crippen molar-refractivity contribution in [3.05, 3.63) is 71.3 Å². The number of aliphatic imine (C=N–C) groups is 1. The number of aromatic nitrogens is 4. The number of halogens is 1. The molecule has 8 heteroatoms. The smallest absolute Gasteiger partial charge is 0.165 e. The van der Waals surface area contributed by atoms with E-state index in [9.17, 15) is 4.39 Å². The molecule has 3 aromatic rings. The van der Waals surface area contributed by atoms with E-state index in [0.717, 1.165) is 12.2 Å². The molecule has 1 aliphatic rings. The quantitative estimate of drug-likeness (QED) is 0.649. The average molecular weight is 366 g/mol. The van der Waals surface area contributed by atoms with Gasteiger partial charge in [-0.3, -0.25) is 19.4 Å². The summed E-state index contributed by atoms with van der Waals surface area (Å²) in [5.41, 5.74) is 2.73. The molecule has 7 nitrogen and oxygen atoms in total. The number of nitrogens with zero attached hydrogens (tertiary/aromatic N) is 6. The summed E-state index contributed by atoms with van der Waals surface area (Å²) in [7, 11) is 1.85. The lowest BCUT2D eigenvalue weighted by atomic mass is 10.0. The van der Waals surface area contributed by atoms with Gasteiger partial charge in [-0.15, -0.1) is 10.2 Å². The Morgan fingerprint density at radius 3 is 2.89 bits per heavy atom. The molecule has 0 fully saturated rings. The number of fused-ring (bicyclic) bond motifs is 3. The Hall–Kier alpha value is -2.97. The fraction of sp³-hybridized carbons (Fsp3) is 0.263. The SMILES string of the molecule is CCN(C)OCc1nnc2n1-c1ccc(F)cc1C(c1ccccn1)=NC2. The third kappa shape index (κ3) is 3.36. The van der Waals surface area contributed by atoms with Crippen LogP contribution >= 0.6 is 0 Å². The number of rotatable bonds is 5. The van der Waals surface area contributed by atoms with E-state index >= 15 is 0 Å². The summed E-state index contributed by atoms with van der Waals surface area (Å²) < 4.78 is 16.0. The monoisotopic (exact) mass is 366 g/mol. The third-order valence-corrected chi connectivity index (χ3v) is 4.40. The van der Waals surface area contributed by atoms with Crippen molar-refractivity contribution in [2.45, 2.75) is 20.1 Å². The molecular weight excluding hydrogens is 347 g/mol. The number of hydrogen-bond acceptors (Lipinski definition) is 6. The molecule has 0 aliphatic carbocycles. The van der Waals surface area contributed by atoms with Crippen LogP contribution in [0.3, 0.4) is 0 Å².